The zero-order valence-electron chi connectivity index (χ0n) is 10.4. The minimum atomic E-state index is 0.413. The van der Waals surface area contributed by atoms with Gasteiger partial charge in [-0.3, -0.25) is 0 Å². The van der Waals surface area contributed by atoms with Crippen molar-refractivity contribution in [2.45, 2.75) is 6.92 Å². The highest BCUT2D eigenvalue weighted by Gasteiger charge is 2.06. The molecule has 2 aromatic rings. The molecule has 0 aliphatic carbocycles. The summed E-state index contributed by atoms with van der Waals surface area (Å²) in [4.78, 5) is 0. The highest BCUT2D eigenvalue weighted by Crippen LogP contribution is 2.25. The van der Waals surface area contributed by atoms with Crippen LogP contribution in [-0.2, 0) is 0 Å². The SMILES string of the molecule is Cc1cccc(Nc2ccc(N)c(C#N)c2)c1C#N. The monoisotopic (exact) mass is 248 g/mol. The van der Waals surface area contributed by atoms with Crippen molar-refractivity contribution in [1.82, 2.24) is 0 Å². The van der Waals surface area contributed by atoms with Crippen molar-refractivity contribution in [3.8, 4) is 12.1 Å². The molecular weight excluding hydrogens is 236 g/mol. The van der Waals surface area contributed by atoms with Crippen molar-refractivity contribution in [3.63, 3.8) is 0 Å². The van der Waals surface area contributed by atoms with Gasteiger partial charge in [-0.2, -0.15) is 10.5 Å². The zero-order valence-corrected chi connectivity index (χ0v) is 10.4. The molecule has 0 atom stereocenters. The minimum Gasteiger partial charge on any atom is -0.398 e. The maximum absolute atomic E-state index is 9.16. The Morgan fingerprint density at radius 1 is 1.11 bits per heavy atom. The normalized spacial score (nSPS) is 9.42. The molecule has 0 heterocycles. The highest BCUT2D eigenvalue weighted by molar-refractivity contribution is 5.71. The minimum absolute atomic E-state index is 0.413. The number of hydrogen-bond donors (Lipinski definition) is 2. The van der Waals surface area contributed by atoms with Gasteiger partial charge in [-0.05, 0) is 36.8 Å². The van der Waals surface area contributed by atoms with Crippen molar-refractivity contribution < 1.29 is 0 Å². The molecule has 0 fully saturated rings. The zero-order chi connectivity index (χ0) is 13.8. The van der Waals surface area contributed by atoms with Crippen LogP contribution in [0.25, 0.3) is 0 Å². The first kappa shape index (κ1) is 12.5. The fraction of sp³-hybridized carbons (Fsp3) is 0.0667. The lowest BCUT2D eigenvalue weighted by atomic mass is 10.1. The number of anilines is 3. The fourth-order valence-corrected chi connectivity index (χ4v) is 1.81. The van der Waals surface area contributed by atoms with Crippen LogP contribution in [0.1, 0.15) is 16.7 Å². The second-order valence-corrected chi connectivity index (χ2v) is 4.15. The lowest BCUT2D eigenvalue weighted by Gasteiger charge is -2.10. The molecule has 0 saturated heterocycles. The summed E-state index contributed by atoms with van der Waals surface area (Å²) in [6, 6.07) is 14.9. The number of nitrogen functional groups attached to an aromatic ring is 1. The van der Waals surface area contributed by atoms with Gasteiger partial charge in [-0.15, -0.1) is 0 Å². The van der Waals surface area contributed by atoms with Gasteiger partial charge in [0.25, 0.3) is 0 Å². The number of rotatable bonds is 2. The molecular formula is C15H12N4. The van der Waals surface area contributed by atoms with E-state index in [1.165, 1.54) is 0 Å². The summed E-state index contributed by atoms with van der Waals surface area (Å²) in [5, 5.41) is 21.2. The largest absolute Gasteiger partial charge is 0.398 e. The number of nitrogens with zero attached hydrogens (tertiary/aromatic N) is 2. The first-order valence-corrected chi connectivity index (χ1v) is 5.72. The number of aryl methyl sites for hydroxylation is 1. The van der Waals surface area contributed by atoms with Gasteiger partial charge < -0.3 is 11.1 Å². The number of nitrogens with two attached hydrogens (primary N) is 1. The van der Waals surface area contributed by atoms with Crippen LogP contribution < -0.4 is 11.1 Å². The van der Waals surface area contributed by atoms with Gasteiger partial charge in [-0.25, -0.2) is 0 Å². The Balaban J connectivity index is 2.40. The van der Waals surface area contributed by atoms with E-state index >= 15 is 0 Å². The molecule has 0 radical (unpaired) electrons. The molecule has 0 aliphatic heterocycles. The standard InChI is InChI=1S/C15H12N4/c1-10-3-2-4-15(13(10)9-17)19-12-5-6-14(18)11(7-12)8-16/h2-7,19H,18H2,1H3. The second-order valence-electron chi connectivity index (χ2n) is 4.15. The summed E-state index contributed by atoms with van der Waals surface area (Å²) >= 11 is 0. The van der Waals surface area contributed by atoms with Crippen molar-refractivity contribution in [2.24, 2.45) is 0 Å². The molecule has 0 saturated carbocycles. The number of hydrogen-bond acceptors (Lipinski definition) is 4. The molecule has 19 heavy (non-hydrogen) atoms. The third-order valence-electron chi connectivity index (χ3n) is 2.84. The van der Waals surface area contributed by atoms with E-state index in [2.05, 4.69) is 11.4 Å². The van der Waals surface area contributed by atoms with Crippen molar-refractivity contribution in [1.29, 1.82) is 10.5 Å². The Labute approximate surface area is 111 Å². The number of nitrogens with one attached hydrogen (secondary N) is 1. The molecule has 0 unspecified atom stereocenters. The van der Waals surface area contributed by atoms with Gasteiger partial charge in [0.1, 0.15) is 12.1 Å². The Bertz CT molecular complexity index is 705. The first-order valence-electron chi connectivity index (χ1n) is 5.72. The fourth-order valence-electron chi connectivity index (χ4n) is 1.81. The number of benzene rings is 2. The molecule has 2 aromatic carbocycles. The average Bonchev–Trinajstić information content (AvgIpc) is 2.41. The molecule has 3 N–H and O–H groups in total. The summed E-state index contributed by atoms with van der Waals surface area (Å²) in [5.41, 5.74) is 9.48. The van der Waals surface area contributed by atoms with Gasteiger partial charge in [0.15, 0.2) is 0 Å². The van der Waals surface area contributed by atoms with E-state index in [1.54, 1.807) is 18.2 Å². The third kappa shape index (κ3) is 2.48. The predicted molar refractivity (Wildman–Crippen MR) is 74.7 cm³/mol. The van der Waals surface area contributed by atoms with E-state index < -0.39 is 0 Å². The predicted octanol–water partition coefficient (Wildman–Crippen LogP) is 3.06. The van der Waals surface area contributed by atoms with Gasteiger partial charge in [0.05, 0.1) is 16.8 Å². The maximum atomic E-state index is 9.16. The smallest absolute Gasteiger partial charge is 0.102 e. The van der Waals surface area contributed by atoms with E-state index in [9.17, 15) is 0 Å². The van der Waals surface area contributed by atoms with Gasteiger partial charge in [0, 0.05) is 11.4 Å². The molecule has 0 bridgehead atoms. The Morgan fingerprint density at radius 2 is 1.89 bits per heavy atom. The molecule has 0 aliphatic rings. The van der Waals surface area contributed by atoms with Gasteiger partial charge in [0.2, 0.25) is 0 Å². The molecule has 92 valence electrons. The Kier molecular flexibility index (Phi) is 3.36. The van der Waals surface area contributed by atoms with Crippen LogP contribution in [-0.4, -0.2) is 0 Å². The lowest BCUT2D eigenvalue weighted by Crippen LogP contribution is -1.97. The third-order valence-corrected chi connectivity index (χ3v) is 2.84. The Morgan fingerprint density at radius 3 is 2.58 bits per heavy atom. The molecule has 4 heteroatoms. The second kappa shape index (κ2) is 5.12. The topological polar surface area (TPSA) is 85.6 Å². The quantitative estimate of drug-likeness (QED) is 0.800. The highest BCUT2D eigenvalue weighted by atomic mass is 14.9. The van der Waals surface area contributed by atoms with Crippen LogP contribution in [0, 0.1) is 29.6 Å². The summed E-state index contributed by atoms with van der Waals surface area (Å²) in [6.07, 6.45) is 0. The maximum Gasteiger partial charge on any atom is 0.102 e. The van der Waals surface area contributed by atoms with E-state index in [1.807, 2.05) is 31.2 Å². The molecule has 0 amide bonds. The summed E-state index contributed by atoms with van der Waals surface area (Å²) in [7, 11) is 0. The van der Waals surface area contributed by atoms with Crippen molar-refractivity contribution in [3.05, 3.63) is 53.1 Å². The molecule has 4 nitrogen and oxygen atoms in total. The van der Waals surface area contributed by atoms with Crippen molar-refractivity contribution >= 4 is 17.1 Å². The van der Waals surface area contributed by atoms with Gasteiger partial charge in [-0.1, -0.05) is 12.1 Å². The molecule has 0 spiro atoms. The van der Waals surface area contributed by atoms with Crippen LogP contribution in [0.15, 0.2) is 36.4 Å². The van der Waals surface area contributed by atoms with Crippen LogP contribution >= 0.6 is 0 Å². The molecule has 2 rings (SSSR count). The lowest BCUT2D eigenvalue weighted by molar-refractivity contribution is 1.38. The summed E-state index contributed by atoms with van der Waals surface area (Å²) in [6.45, 7) is 1.88. The average molecular weight is 248 g/mol. The van der Waals surface area contributed by atoms with E-state index in [4.69, 9.17) is 16.3 Å². The summed E-state index contributed by atoms with van der Waals surface area (Å²) in [5.74, 6) is 0. The van der Waals surface area contributed by atoms with Crippen LogP contribution in [0.5, 0.6) is 0 Å². The Hall–Kier alpha value is -2.98. The van der Waals surface area contributed by atoms with Gasteiger partial charge >= 0.3 is 0 Å². The molecule has 0 aromatic heterocycles. The van der Waals surface area contributed by atoms with Crippen molar-refractivity contribution in [2.75, 3.05) is 11.1 Å². The van der Waals surface area contributed by atoms with E-state index in [0.29, 0.717) is 16.8 Å². The van der Waals surface area contributed by atoms with Crippen LogP contribution in [0.2, 0.25) is 0 Å². The van der Waals surface area contributed by atoms with E-state index in [-0.39, 0.29) is 0 Å². The summed E-state index contributed by atoms with van der Waals surface area (Å²) < 4.78 is 0. The van der Waals surface area contributed by atoms with Crippen LogP contribution in [0.3, 0.4) is 0 Å². The first-order chi connectivity index (χ1) is 9.15. The van der Waals surface area contributed by atoms with E-state index in [0.717, 1.165) is 16.9 Å². The van der Waals surface area contributed by atoms with Crippen LogP contribution in [0.4, 0.5) is 17.1 Å². The number of nitriles is 2.